The van der Waals surface area contributed by atoms with Crippen LogP contribution in [0.2, 0.25) is 0 Å². The lowest BCUT2D eigenvalue weighted by atomic mass is 9.86. The first-order valence-corrected chi connectivity index (χ1v) is 8.01. The Morgan fingerprint density at radius 2 is 2.14 bits per heavy atom. The summed E-state index contributed by atoms with van der Waals surface area (Å²) >= 11 is 1.30. The fourth-order valence-electron chi connectivity index (χ4n) is 2.02. The van der Waals surface area contributed by atoms with Gasteiger partial charge < -0.3 is 9.88 Å². The van der Waals surface area contributed by atoms with Crippen LogP contribution in [0.5, 0.6) is 0 Å². The van der Waals surface area contributed by atoms with E-state index in [2.05, 4.69) is 31.1 Å². The summed E-state index contributed by atoms with van der Waals surface area (Å²) in [7, 11) is 0. The molecule has 1 unspecified atom stereocenters. The number of carbonyl (C=O) groups is 2. The summed E-state index contributed by atoms with van der Waals surface area (Å²) in [5, 5.41) is 4.80. The molecule has 5 nitrogen and oxygen atoms in total. The number of imidazole rings is 1. The highest BCUT2D eigenvalue weighted by atomic mass is 32.1. The van der Waals surface area contributed by atoms with E-state index in [1.165, 1.54) is 18.3 Å². The molecular formula is C16H21N3O2S. The molecule has 0 saturated heterocycles. The van der Waals surface area contributed by atoms with E-state index in [0.29, 0.717) is 17.0 Å². The van der Waals surface area contributed by atoms with Crippen LogP contribution in [-0.2, 0) is 6.54 Å². The maximum absolute atomic E-state index is 12.4. The van der Waals surface area contributed by atoms with E-state index < -0.39 is 0 Å². The normalized spacial score (nSPS) is 12.9. The minimum absolute atomic E-state index is 0.0187. The van der Waals surface area contributed by atoms with Crippen LogP contribution in [0.1, 0.15) is 47.7 Å². The van der Waals surface area contributed by atoms with Gasteiger partial charge in [0, 0.05) is 24.3 Å². The van der Waals surface area contributed by atoms with Gasteiger partial charge in [-0.3, -0.25) is 9.59 Å². The summed E-state index contributed by atoms with van der Waals surface area (Å²) in [6, 6.07) is 1.61. The lowest BCUT2D eigenvalue weighted by Crippen LogP contribution is -2.46. The van der Waals surface area contributed by atoms with E-state index in [-0.39, 0.29) is 23.1 Å². The molecule has 22 heavy (non-hydrogen) atoms. The molecule has 118 valence electrons. The number of rotatable bonds is 5. The minimum Gasteiger partial charge on any atom is -0.347 e. The number of amides is 1. The average molecular weight is 319 g/mol. The zero-order valence-corrected chi connectivity index (χ0v) is 14.1. The third-order valence-electron chi connectivity index (χ3n) is 3.51. The molecule has 2 aromatic rings. The molecule has 1 amide bonds. The molecule has 2 rings (SSSR count). The Bertz CT molecular complexity index is 653. The van der Waals surface area contributed by atoms with Gasteiger partial charge in [-0.05, 0) is 18.4 Å². The molecule has 0 bridgehead atoms. The smallest absolute Gasteiger partial charge is 0.252 e. The van der Waals surface area contributed by atoms with Crippen LogP contribution < -0.4 is 5.32 Å². The van der Waals surface area contributed by atoms with Crippen molar-refractivity contribution in [3.05, 3.63) is 40.6 Å². The zero-order valence-electron chi connectivity index (χ0n) is 13.3. The molecule has 0 aliphatic rings. The van der Waals surface area contributed by atoms with Gasteiger partial charge in [-0.2, -0.15) is 0 Å². The summed E-state index contributed by atoms with van der Waals surface area (Å²) in [5.41, 5.74) is 0.439. The third-order valence-corrected chi connectivity index (χ3v) is 4.54. The van der Waals surface area contributed by atoms with Crippen LogP contribution >= 0.6 is 11.3 Å². The van der Waals surface area contributed by atoms with Gasteiger partial charge in [0.2, 0.25) is 0 Å². The predicted octanol–water partition coefficient (Wildman–Crippen LogP) is 2.99. The summed E-state index contributed by atoms with van der Waals surface area (Å²) in [6.07, 6.45) is 5.34. The number of carbonyl (C=O) groups excluding carboxylic acids is 2. The van der Waals surface area contributed by atoms with E-state index in [0.717, 1.165) is 0 Å². The van der Waals surface area contributed by atoms with Crippen LogP contribution in [0.3, 0.4) is 0 Å². The number of Topliss-reactive ketones (excluding diaryl/α,β-unsaturated/α-hetero) is 1. The van der Waals surface area contributed by atoms with Crippen molar-refractivity contribution < 1.29 is 9.59 Å². The molecule has 6 heteroatoms. The molecular weight excluding hydrogens is 298 g/mol. The van der Waals surface area contributed by atoms with E-state index >= 15 is 0 Å². The van der Waals surface area contributed by atoms with Gasteiger partial charge in [-0.25, -0.2) is 4.98 Å². The van der Waals surface area contributed by atoms with Gasteiger partial charge in [-0.15, -0.1) is 11.3 Å². The maximum Gasteiger partial charge on any atom is 0.252 e. The van der Waals surface area contributed by atoms with E-state index in [9.17, 15) is 9.59 Å². The number of nitrogens with zero attached hydrogens (tertiary/aromatic N) is 2. The number of ketones is 1. The predicted molar refractivity (Wildman–Crippen MR) is 87.3 cm³/mol. The fraction of sp³-hybridized carbons (Fsp3) is 0.438. The van der Waals surface area contributed by atoms with Gasteiger partial charge >= 0.3 is 0 Å². The van der Waals surface area contributed by atoms with Crippen molar-refractivity contribution >= 4 is 23.0 Å². The standard InChI is InChI=1S/C16H21N3O2S/c1-11(20)13-7-12(9-22-13)15(21)18-14(16(2,3)4)8-19-6-5-17-10-19/h5-7,9-10,14H,8H2,1-4H3,(H,18,21). The van der Waals surface area contributed by atoms with Crippen molar-refractivity contribution in [1.29, 1.82) is 0 Å². The lowest BCUT2D eigenvalue weighted by Gasteiger charge is -2.31. The first-order chi connectivity index (χ1) is 10.3. The van der Waals surface area contributed by atoms with Gasteiger partial charge in [0.25, 0.3) is 5.91 Å². The van der Waals surface area contributed by atoms with Crippen LogP contribution in [-0.4, -0.2) is 27.3 Å². The molecule has 2 heterocycles. The minimum atomic E-state index is -0.149. The Hall–Kier alpha value is -1.95. The van der Waals surface area contributed by atoms with Crippen molar-refractivity contribution in [2.75, 3.05) is 0 Å². The Balaban J connectivity index is 2.12. The number of hydrogen-bond donors (Lipinski definition) is 1. The Labute approximate surface area is 134 Å². The Kier molecular flexibility index (Phi) is 4.81. The number of thiophene rings is 1. The molecule has 0 saturated carbocycles. The van der Waals surface area contributed by atoms with Crippen LogP contribution in [0.25, 0.3) is 0 Å². The lowest BCUT2D eigenvalue weighted by molar-refractivity contribution is 0.0893. The van der Waals surface area contributed by atoms with E-state index in [4.69, 9.17) is 0 Å². The molecule has 1 atom stereocenters. The van der Waals surface area contributed by atoms with Crippen molar-refractivity contribution in [3.8, 4) is 0 Å². The van der Waals surface area contributed by atoms with Gasteiger partial charge in [0.05, 0.1) is 22.8 Å². The Morgan fingerprint density at radius 3 is 2.64 bits per heavy atom. The molecule has 0 radical (unpaired) electrons. The summed E-state index contributed by atoms with van der Waals surface area (Å²) < 4.78 is 1.95. The van der Waals surface area contributed by atoms with Gasteiger partial charge in [-0.1, -0.05) is 20.8 Å². The summed E-state index contributed by atoms with van der Waals surface area (Å²) in [6.45, 7) is 8.42. The topological polar surface area (TPSA) is 64.0 Å². The van der Waals surface area contributed by atoms with Crippen LogP contribution in [0.4, 0.5) is 0 Å². The van der Waals surface area contributed by atoms with Crippen molar-refractivity contribution in [2.24, 2.45) is 5.41 Å². The van der Waals surface area contributed by atoms with E-state index in [1.54, 1.807) is 24.0 Å². The second-order valence-corrected chi connectivity index (χ2v) is 7.32. The monoisotopic (exact) mass is 319 g/mol. The van der Waals surface area contributed by atoms with Gasteiger partial charge in [0.15, 0.2) is 5.78 Å². The largest absolute Gasteiger partial charge is 0.347 e. The second-order valence-electron chi connectivity index (χ2n) is 6.41. The fourth-order valence-corrected chi connectivity index (χ4v) is 2.81. The molecule has 0 fully saturated rings. The molecule has 0 aromatic carbocycles. The highest BCUT2D eigenvalue weighted by Gasteiger charge is 2.27. The summed E-state index contributed by atoms with van der Waals surface area (Å²) in [5.74, 6) is -0.168. The SMILES string of the molecule is CC(=O)c1cc(C(=O)NC(Cn2ccnc2)C(C)(C)C)cs1. The van der Waals surface area contributed by atoms with E-state index in [1.807, 2.05) is 10.8 Å². The molecule has 2 aromatic heterocycles. The molecule has 0 spiro atoms. The molecule has 0 aliphatic heterocycles. The third kappa shape index (κ3) is 4.04. The molecule has 0 aliphatic carbocycles. The second kappa shape index (κ2) is 6.44. The first kappa shape index (κ1) is 16.4. The average Bonchev–Trinajstić information content (AvgIpc) is 3.08. The van der Waals surface area contributed by atoms with Gasteiger partial charge in [0.1, 0.15) is 0 Å². The molecule has 1 N–H and O–H groups in total. The van der Waals surface area contributed by atoms with Crippen molar-refractivity contribution in [3.63, 3.8) is 0 Å². The Morgan fingerprint density at radius 1 is 1.41 bits per heavy atom. The number of hydrogen-bond acceptors (Lipinski definition) is 4. The highest BCUT2D eigenvalue weighted by Crippen LogP contribution is 2.22. The van der Waals surface area contributed by atoms with Crippen LogP contribution in [0.15, 0.2) is 30.2 Å². The maximum atomic E-state index is 12.4. The highest BCUT2D eigenvalue weighted by molar-refractivity contribution is 7.12. The van der Waals surface area contributed by atoms with Crippen molar-refractivity contribution in [2.45, 2.75) is 40.3 Å². The zero-order chi connectivity index (χ0) is 16.3. The summed E-state index contributed by atoms with van der Waals surface area (Å²) in [4.78, 5) is 28.4. The first-order valence-electron chi connectivity index (χ1n) is 7.13. The number of aromatic nitrogens is 2. The quantitative estimate of drug-likeness (QED) is 0.862. The number of nitrogens with one attached hydrogen (secondary N) is 1. The van der Waals surface area contributed by atoms with Crippen molar-refractivity contribution in [1.82, 2.24) is 14.9 Å². The van der Waals surface area contributed by atoms with Crippen LogP contribution in [0, 0.1) is 5.41 Å².